The molecule has 2 heterocycles. The highest BCUT2D eigenvalue weighted by molar-refractivity contribution is 5.28. The molecule has 1 aliphatic rings. The van der Waals surface area contributed by atoms with Gasteiger partial charge in [-0.3, -0.25) is 4.98 Å². The molecule has 106 valence electrons. The topological polar surface area (TPSA) is 45.6 Å². The maximum absolute atomic E-state index is 10.8. The number of aromatic nitrogens is 1. The lowest BCUT2D eigenvalue weighted by molar-refractivity contribution is -0.0261. The zero-order valence-corrected chi connectivity index (χ0v) is 11.9. The van der Waals surface area contributed by atoms with E-state index in [0.29, 0.717) is 6.61 Å². The molecule has 0 aliphatic carbocycles. The summed E-state index contributed by atoms with van der Waals surface area (Å²) in [5.41, 5.74) is 0.138. The number of hydrogen-bond acceptors (Lipinski definition) is 4. The first-order chi connectivity index (χ1) is 9.18. The van der Waals surface area contributed by atoms with Gasteiger partial charge in [0.25, 0.3) is 0 Å². The number of ether oxygens (including phenoxy) is 1. The van der Waals surface area contributed by atoms with Gasteiger partial charge in [0.1, 0.15) is 5.75 Å². The summed E-state index contributed by atoms with van der Waals surface area (Å²) in [5.74, 6) is 0.740. The van der Waals surface area contributed by atoms with Crippen LogP contribution < -0.4 is 4.74 Å². The third-order valence-corrected chi connectivity index (χ3v) is 3.78. The van der Waals surface area contributed by atoms with Gasteiger partial charge in [-0.1, -0.05) is 6.92 Å². The lowest BCUT2D eigenvalue weighted by atomic mass is 9.85. The van der Waals surface area contributed by atoms with Crippen molar-refractivity contribution in [3.05, 3.63) is 24.0 Å². The average Bonchev–Trinajstić information content (AvgIpc) is 2.43. The van der Waals surface area contributed by atoms with Crippen LogP contribution >= 0.6 is 0 Å². The van der Waals surface area contributed by atoms with Crippen molar-refractivity contribution < 1.29 is 9.84 Å². The van der Waals surface area contributed by atoms with Gasteiger partial charge in [0.15, 0.2) is 0 Å². The predicted octanol–water partition coefficient (Wildman–Crippen LogP) is 2.17. The lowest BCUT2D eigenvalue weighted by Gasteiger charge is -2.38. The summed E-state index contributed by atoms with van der Waals surface area (Å²) in [5, 5.41) is 10.8. The Morgan fingerprint density at radius 2 is 2.05 bits per heavy atom. The first kappa shape index (κ1) is 14.3. The molecule has 0 saturated carbocycles. The van der Waals surface area contributed by atoms with Gasteiger partial charge in [0.2, 0.25) is 0 Å². The minimum atomic E-state index is -0.746. The van der Waals surface area contributed by atoms with E-state index >= 15 is 0 Å². The van der Waals surface area contributed by atoms with Gasteiger partial charge < -0.3 is 14.7 Å². The molecule has 0 unspecified atom stereocenters. The fourth-order valence-corrected chi connectivity index (χ4v) is 2.67. The molecule has 2 rings (SSSR count). The molecular formula is C15H24N2O2. The summed E-state index contributed by atoms with van der Waals surface area (Å²) in [4.78, 5) is 6.59. The standard InChI is InChI=1S/C15H24N2O2/c1-3-7-17-8-5-15(18,6-9-17)13-10-14(19-4-2)12-16-11-13/h10-12,18H,3-9H2,1-2H3. The van der Waals surface area contributed by atoms with Crippen LogP contribution in [0.15, 0.2) is 18.5 Å². The summed E-state index contributed by atoms with van der Waals surface area (Å²) in [6.45, 7) is 7.77. The van der Waals surface area contributed by atoms with Crippen LogP contribution in [0.1, 0.15) is 38.7 Å². The minimum Gasteiger partial charge on any atom is -0.492 e. The van der Waals surface area contributed by atoms with Crippen molar-refractivity contribution in [3.63, 3.8) is 0 Å². The van der Waals surface area contributed by atoms with E-state index in [9.17, 15) is 5.11 Å². The number of rotatable bonds is 5. The molecule has 0 bridgehead atoms. The Morgan fingerprint density at radius 1 is 1.32 bits per heavy atom. The van der Waals surface area contributed by atoms with E-state index in [-0.39, 0.29) is 0 Å². The molecule has 4 heteroatoms. The minimum absolute atomic E-state index is 0.619. The van der Waals surface area contributed by atoms with Gasteiger partial charge in [-0.15, -0.1) is 0 Å². The molecule has 1 saturated heterocycles. The zero-order chi connectivity index (χ0) is 13.7. The number of nitrogens with zero attached hydrogens (tertiary/aromatic N) is 2. The summed E-state index contributed by atoms with van der Waals surface area (Å²) < 4.78 is 5.46. The molecule has 1 aliphatic heterocycles. The number of hydrogen-bond donors (Lipinski definition) is 1. The molecule has 1 aromatic heterocycles. The Hall–Kier alpha value is -1.13. The zero-order valence-electron chi connectivity index (χ0n) is 11.9. The second kappa shape index (κ2) is 6.35. The third kappa shape index (κ3) is 3.45. The van der Waals surface area contributed by atoms with E-state index in [2.05, 4.69) is 16.8 Å². The summed E-state index contributed by atoms with van der Waals surface area (Å²) >= 11 is 0. The lowest BCUT2D eigenvalue weighted by Crippen LogP contribution is -2.42. The fourth-order valence-electron chi connectivity index (χ4n) is 2.67. The maximum Gasteiger partial charge on any atom is 0.137 e. The molecule has 1 N–H and O–H groups in total. The van der Waals surface area contributed by atoms with Gasteiger partial charge in [0.05, 0.1) is 18.4 Å². The quantitative estimate of drug-likeness (QED) is 0.885. The molecule has 1 fully saturated rings. The van der Waals surface area contributed by atoms with Crippen LogP contribution in [0.2, 0.25) is 0 Å². The summed E-state index contributed by atoms with van der Waals surface area (Å²) in [6.07, 6.45) is 6.16. The predicted molar refractivity (Wildman–Crippen MR) is 75.3 cm³/mol. The first-order valence-electron chi connectivity index (χ1n) is 7.21. The molecule has 0 amide bonds. The van der Waals surface area contributed by atoms with Gasteiger partial charge in [-0.2, -0.15) is 0 Å². The number of aliphatic hydroxyl groups is 1. The van der Waals surface area contributed by atoms with Crippen molar-refractivity contribution in [1.82, 2.24) is 9.88 Å². The molecule has 1 aromatic rings. The highest BCUT2D eigenvalue weighted by Crippen LogP contribution is 2.33. The number of pyridine rings is 1. The third-order valence-electron chi connectivity index (χ3n) is 3.78. The highest BCUT2D eigenvalue weighted by atomic mass is 16.5. The van der Waals surface area contributed by atoms with Crippen LogP contribution in [0.4, 0.5) is 0 Å². The summed E-state index contributed by atoms with van der Waals surface area (Å²) in [7, 11) is 0. The molecule has 0 atom stereocenters. The van der Waals surface area contributed by atoms with E-state index < -0.39 is 5.60 Å². The van der Waals surface area contributed by atoms with Crippen LogP contribution in [-0.2, 0) is 5.60 Å². The van der Waals surface area contributed by atoms with E-state index in [4.69, 9.17) is 4.74 Å². The fraction of sp³-hybridized carbons (Fsp3) is 0.667. The molecule has 0 aromatic carbocycles. The Bertz CT molecular complexity index is 401. The van der Waals surface area contributed by atoms with E-state index in [0.717, 1.165) is 43.8 Å². The van der Waals surface area contributed by atoms with Gasteiger partial charge >= 0.3 is 0 Å². The normalized spacial score (nSPS) is 19.3. The van der Waals surface area contributed by atoms with Crippen LogP contribution in [0, 0.1) is 0 Å². The molecule has 4 nitrogen and oxygen atoms in total. The van der Waals surface area contributed by atoms with Crippen LogP contribution in [0.3, 0.4) is 0 Å². The SMILES string of the molecule is CCCN1CCC(O)(c2cncc(OCC)c2)CC1. The summed E-state index contributed by atoms with van der Waals surface area (Å²) in [6, 6.07) is 1.92. The Morgan fingerprint density at radius 3 is 2.68 bits per heavy atom. The number of piperidine rings is 1. The molecular weight excluding hydrogens is 240 g/mol. The maximum atomic E-state index is 10.8. The van der Waals surface area contributed by atoms with Crippen molar-refractivity contribution in [2.45, 2.75) is 38.7 Å². The molecule has 19 heavy (non-hydrogen) atoms. The van der Waals surface area contributed by atoms with Gasteiger partial charge in [-0.05, 0) is 38.8 Å². The smallest absolute Gasteiger partial charge is 0.137 e. The van der Waals surface area contributed by atoms with Crippen molar-refractivity contribution in [2.75, 3.05) is 26.2 Å². The van der Waals surface area contributed by atoms with Crippen LogP contribution in [0.5, 0.6) is 5.75 Å². The Balaban J connectivity index is 2.06. The Kier molecular flexibility index (Phi) is 4.77. The van der Waals surface area contributed by atoms with Crippen molar-refractivity contribution in [1.29, 1.82) is 0 Å². The van der Waals surface area contributed by atoms with Crippen LogP contribution in [-0.4, -0.2) is 41.2 Å². The van der Waals surface area contributed by atoms with Gasteiger partial charge in [-0.25, -0.2) is 0 Å². The molecule has 0 spiro atoms. The van der Waals surface area contributed by atoms with Crippen LogP contribution in [0.25, 0.3) is 0 Å². The monoisotopic (exact) mass is 264 g/mol. The van der Waals surface area contributed by atoms with E-state index in [1.54, 1.807) is 12.4 Å². The Labute approximate surface area is 115 Å². The first-order valence-corrected chi connectivity index (χ1v) is 7.21. The largest absolute Gasteiger partial charge is 0.492 e. The van der Waals surface area contributed by atoms with Crippen molar-refractivity contribution in [2.24, 2.45) is 0 Å². The van der Waals surface area contributed by atoms with Gasteiger partial charge in [0, 0.05) is 24.8 Å². The highest BCUT2D eigenvalue weighted by Gasteiger charge is 2.34. The second-order valence-electron chi connectivity index (χ2n) is 5.22. The average molecular weight is 264 g/mol. The second-order valence-corrected chi connectivity index (χ2v) is 5.22. The van der Waals surface area contributed by atoms with E-state index in [1.165, 1.54) is 6.42 Å². The van der Waals surface area contributed by atoms with Crippen molar-refractivity contribution >= 4 is 0 Å². The van der Waals surface area contributed by atoms with Crippen molar-refractivity contribution in [3.8, 4) is 5.75 Å². The number of likely N-dealkylation sites (tertiary alicyclic amines) is 1. The molecule has 0 radical (unpaired) electrons. The van der Waals surface area contributed by atoms with E-state index in [1.807, 2.05) is 13.0 Å².